The summed E-state index contributed by atoms with van der Waals surface area (Å²) in [6.45, 7) is 10.8. The minimum Gasteiger partial charge on any atom is -1.00 e. The monoisotopic (exact) mass is 472 g/mol. The molecule has 0 bridgehead atoms. The highest BCUT2D eigenvalue weighted by Gasteiger charge is 2.22. The molecule has 0 atom stereocenters. The zero-order valence-electron chi connectivity index (χ0n) is 16.7. The smallest absolute Gasteiger partial charge is 0.338 e. The predicted octanol–water partition coefficient (Wildman–Crippen LogP) is 1.80. The summed E-state index contributed by atoms with van der Waals surface area (Å²) in [4.78, 5) is 12.1. The first-order valence-electron chi connectivity index (χ1n) is 9.83. The van der Waals surface area contributed by atoms with Crippen LogP contribution in [0.3, 0.4) is 0 Å². The van der Waals surface area contributed by atoms with Gasteiger partial charge < -0.3 is 28.7 Å². The van der Waals surface area contributed by atoms with Crippen LogP contribution in [0.2, 0.25) is 0 Å². The molecule has 0 spiro atoms. The van der Waals surface area contributed by atoms with E-state index in [1.807, 2.05) is 19.1 Å². The molecule has 0 amide bonds. The Bertz CT molecular complexity index is 710. The molecule has 5 heteroatoms. The molecule has 0 fully saturated rings. The molecule has 0 unspecified atom stereocenters. The maximum Gasteiger partial charge on any atom is 0.338 e. The molecule has 0 aliphatic rings. The molecule has 1 aromatic carbocycles. The molecule has 0 aliphatic heterocycles. The number of hydrogen-bond donors (Lipinski definition) is 0. The van der Waals surface area contributed by atoms with Gasteiger partial charge in [-0.3, -0.25) is 0 Å². The summed E-state index contributed by atoms with van der Waals surface area (Å²) in [6, 6.07) is 5.92. The molecule has 26 heavy (non-hydrogen) atoms. The summed E-state index contributed by atoms with van der Waals surface area (Å²) in [7, 11) is 0. The molecule has 0 radical (unpaired) electrons. The molecular weight excluding hydrogens is 439 g/mol. The van der Waals surface area contributed by atoms with E-state index in [9.17, 15) is 4.79 Å². The normalized spacial score (nSPS) is 10.8. The lowest BCUT2D eigenvalue weighted by Gasteiger charge is -2.03. The predicted molar refractivity (Wildman–Crippen MR) is 102 cm³/mol. The number of rotatable bonds is 10. The fraction of sp³-hybridized carbons (Fsp3) is 0.619. The van der Waals surface area contributed by atoms with Crippen LogP contribution >= 0.6 is 0 Å². The second-order valence-electron chi connectivity index (χ2n) is 6.63. The van der Waals surface area contributed by atoms with E-state index < -0.39 is 0 Å². The highest BCUT2D eigenvalue weighted by Crippen LogP contribution is 2.19. The quantitative estimate of drug-likeness (QED) is 0.229. The number of esters is 1. The van der Waals surface area contributed by atoms with Crippen LogP contribution in [0.15, 0.2) is 18.2 Å². The third-order valence-corrected chi connectivity index (χ3v) is 4.90. The Hall–Kier alpha value is -1.11. The van der Waals surface area contributed by atoms with Crippen LogP contribution in [0.25, 0.3) is 11.0 Å². The fourth-order valence-electron chi connectivity index (χ4n) is 3.54. The van der Waals surface area contributed by atoms with E-state index in [4.69, 9.17) is 4.74 Å². The van der Waals surface area contributed by atoms with E-state index in [-0.39, 0.29) is 29.9 Å². The van der Waals surface area contributed by atoms with Crippen LogP contribution in [0, 0.1) is 6.92 Å². The number of aryl methyl sites for hydroxylation is 2. The molecule has 4 nitrogen and oxygen atoms in total. The van der Waals surface area contributed by atoms with Crippen molar-refractivity contribution in [2.45, 2.75) is 79.3 Å². The van der Waals surface area contributed by atoms with Gasteiger partial charge in [0, 0.05) is 13.0 Å². The fourth-order valence-corrected chi connectivity index (χ4v) is 3.54. The molecule has 2 rings (SSSR count). The van der Waals surface area contributed by atoms with Crippen molar-refractivity contribution in [2.75, 3.05) is 6.61 Å². The highest BCUT2D eigenvalue weighted by atomic mass is 127. The molecule has 0 aliphatic carbocycles. The van der Waals surface area contributed by atoms with Crippen LogP contribution in [0.5, 0.6) is 0 Å². The van der Waals surface area contributed by atoms with Crippen molar-refractivity contribution in [3.8, 4) is 0 Å². The second-order valence-corrected chi connectivity index (χ2v) is 6.63. The Morgan fingerprint density at radius 3 is 2.42 bits per heavy atom. The standard InChI is InChI=1S/C21H33N2O2.HI/c1-5-8-9-10-11-12-15-23-17(4)22(6-2)19-14-13-18(16-20(19)23)21(24)25-7-3;/h13-14,16H,5-12,15H2,1-4H3;1H/q+1;/p-1. The SMILES string of the molecule is CCCCCCCCn1c(C)[n+](CC)c2ccc(C(=O)OCC)cc21.[I-]. The van der Waals surface area contributed by atoms with Crippen LogP contribution in [0.1, 0.15) is 75.5 Å². The largest absolute Gasteiger partial charge is 1.00 e. The molecule has 2 aromatic rings. The third-order valence-electron chi connectivity index (χ3n) is 4.90. The van der Waals surface area contributed by atoms with Crippen molar-refractivity contribution in [3.63, 3.8) is 0 Å². The number of imidazole rings is 1. The van der Waals surface area contributed by atoms with Crippen LogP contribution in [-0.2, 0) is 17.8 Å². The Morgan fingerprint density at radius 1 is 1.08 bits per heavy atom. The first-order chi connectivity index (χ1) is 12.1. The zero-order valence-corrected chi connectivity index (χ0v) is 18.8. The molecule has 146 valence electrons. The van der Waals surface area contributed by atoms with Crippen molar-refractivity contribution in [1.82, 2.24) is 4.57 Å². The Balaban J connectivity index is 0.00000338. The number of ether oxygens (including phenoxy) is 1. The van der Waals surface area contributed by atoms with Gasteiger partial charge in [-0.2, -0.15) is 0 Å². The van der Waals surface area contributed by atoms with E-state index in [1.165, 1.54) is 49.9 Å². The van der Waals surface area contributed by atoms with Crippen molar-refractivity contribution in [2.24, 2.45) is 0 Å². The van der Waals surface area contributed by atoms with Gasteiger partial charge in [-0.15, -0.1) is 0 Å². The van der Waals surface area contributed by atoms with Gasteiger partial charge >= 0.3 is 5.97 Å². The first kappa shape index (κ1) is 22.9. The molecule has 1 aromatic heterocycles. The van der Waals surface area contributed by atoms with Gasteiger partial charge in [-0.05, 0) is 38.8 Å². The van der Waals surface area contributed by atoms with E-state index >= 15 is 0 Å². The van der Waals surface area contributed by atoms with Crippen LogP contribution in [0.4, 0.5) is 0 Å². The third kappa shape index (κ3) is 5.44. The Morgan fingerprint density at radius 2 is 1.77 bits per heavy atom. The van der Waals surface area contributed by atoms with Gasteiger partial charge in [0.2, 0.25) is 0 Å². The molecule has 0 saturated heterocycles. The van der Waals surface area contributed by atoms with Crippen molar-refractivity contribution in [1.29, 1.82) is 0 Å². The van der Waals surface area contributed by atoms with Crippen LogP contribution in [-0.4, -0.2) is 17.1 Å². The maximum absolute atomic E-state index is 12.1. The number of unbranched alkanes of at least 4 members (excludes halogenated alkanes) is 5. The van der Waals surface area contributed by atoms with Crippen molar-refractivity contribution >= 4 is 17.0 Å². The van der Waals surface area contributed by atoms with E-state index in [0.29, 0.717) is 12.2 Å². The molecule has 0 N–H and O–H groups in total. The topological polar surface area (TPSA) is 35.1 Å². The lowest BCUT2D eigenvalue weighted by molar-refractivity contribution is -0.675. The Kier molecular flexibility index (Phi) is 10.2. The van der Waals surface area contributed by atoms with Gasteiger partial charge in [0.05, 0.1) is 25.3 Å². The average Bonchev–Trinajstić information content (AvgIpc) is 2.88. The number of fused-ring (bicyclic) bond motifs is 1. The number of nitrogens with zero attached hydrogens (tertiary/aromatic N) is 2. The zero-order chi connectivity index (χ0) is 18.2. The van der Waals surface area contributed by atoms with Gasteiger partial charge in [0.15, 0.2) is 11.0 Å². The number of carbonyl (C=O) groups is 1. The van der Waals surface area contributed by atoms with E-state index in [2.05, 4.69) is 36.0 Å². The van der Waals surface area contributed by atoms with Gasteiger partial charge in [-0.1, -0.05) is 32.6 Å². The molecular formula is C21H33IN2O2. The number of halogens is 1. The van der Waals surface area contributed by atoms with Crippen molar-refractivity contribution in [3.05, 3.63) is 29.6 Å². The van der Waals surface area contributed by atoms with E-state index in [0.717, 1.165) is 18.6 Å². The summed E-state index contributed by atoms with van der Waals surface area (Å²) in [5.74, 6) is 1.02. The number of benzene rings is 1. The first-order valence-corrected chi connectivity index (χ1v) is 9.83. The Labute approximate surface area is 174 Å². The van der Waals surface area contributed by atoms with Crippen molar-refractivity contribution < 1.29 is 38.1 Å². The second kappa shape index (κ2) is 11.6. The molecule has 1 heterocycles. The highest BCUT2D eigenvalue weighted by molar-refractivity contribution is 5.93. The summed E-state index contributed by atoms with van der Waals surface area (Å²) in [6.07, 6.45) is 7.72. The van der Waals surface area contributed by atoms with Gasteiger partial charge in [0.1, 0.15) is 0 Å². The van der Waals surface area contributed by atoms with Gasteiger partial charge in [0.25, 0.3) is 5.82 Å². The number of carbonyl (C=O) groups excluding carboxylic acids is 1. The summed E-state index contributed by atoms with van der Waals surface area (Å²) >= 11 is 0. The number of hydrogen-bond acceptors (Lipinski definition) is 2. The summed E-state index contributed by atoms with van der Waals surface area (Å²) in [5.41, 5.74) is 2.97. The summed E-state index contributed by atoms with van der Waals surface area (Å²) in [5, 5.41) is 0. The lowest BCUT2D eigenvalue weighted by Crippen LogP contribution is -3.00. The number of aromatic nitrogens is 2. The minimum atomic E-state index is -0.239. The molecule has 0 saturated carbocycles. The maximum atomic E-state index is 12.1. The minimum absolute atomic E-state index is 0. The van der Waals surface area contributed by atoms with E-state index in [1.54, 1.807) is 0 Å². The average molecular weight is 472 g/mol. The van der Waals surface area contributed by atoms with Crippen LogP contribution < -0.4 is 28.5 Å². The lowest BCUT2D eigenvalue weighted by atomic mass is 10.1. The summed E-state index contributed by atoms with van der Waals surface area (Å²) < 4.78 is 9.84. The van der Waals surface area contributed by atoms with Gasteiger partial charge in [-0.25, -0.2) is 13.9 Å².